The van der Waals surface area contributed by atoms with E-state index in [4.69, 9.17) is 33.2 Å². The maximum absolute atomic E-state index is 6.32. The summed E-state index contributed by atoms with van der Waals surface area (Å²) in [5.74, 6) is 1.22. The molecule has 7 heteroatoms. The number of nitrogens with one attached hydrogen (secondary N) is 2. The van der Waals surface area contributed by atoms with Crippen LogP contribution in [-0.4, -0.2) is 15.0 Å². The minimum absolute atomic E-state index is 0.575. The van der Waals surface area contributed by atoms with E-state index in [1.807, 2.05) is 78.9 Å². The maximum atomic E-state index is 6.32. The van der Waals surface area contributed by atoms with E-state index in [2.05, 4.69) is 22.2 Å². The highest BCUT2D eigenvalue weighted by atomic mass is 35.5. The van der Waals surface area contributed by atoms with E-state index in [9.17, 15) is 0 Å². The molecule has 2 N–H and O–H groups in total. The molecule has 0 saturated carbocycles. The van der Waals surface area contributed by atoms with Crippen LogP contribution in [0.5, 0.6) is 0 Å². The maximum Gasteiger partial charge on any atom is 0.163 e. The molecule has 2 aromatic heterocycles. The first-order valence-electron chi connectivity index (χ1n) is 11.0. The lowest BCUT2D eigenvalue weighted by molar-refractivity contribution is 0.892. The molecular weight excluding hydrogens is 477 g/mol. The zero-order valence-corrected chi connectivity index (χ0v) is 20.2. The van der Waals surface area contributed by atoms with Crippen LogP contribution in [0.1, 0.15) is 11.1 Å². The number of benzene rings is 3. The molecule has 2 heterocycles. The van der Waals surface area contributed by atoms with Crippen molar-refractivity contribution in [1.82, 2.24) is 20.3 Å². The topological polar surface area (TPSA) is 62.7 Å². The van der Waals surface area contributed by atoms with Crippen molar-refractivity contribution < 1.29 is 0 Å². The van der Waals surface area contributed by atoms with Gasteiger partial charge in [-0.15, -0.1) is 0 Å². The molecule has 0 aliphatic rings. The Balaban J connectivity index is 1.49. The number of aromatic nitrogens is 3. The highest BCUT2D eigenvalue weighted by molar-refractivity contribution is 6.31. The molecule has 172 valence electrons. The molecule has 0 unspecified atom stereocenters. The number of hydrogen-bond acceptors (Lipinski definition) is 5. The lowest BCUT2D eigenvalue weighted by Gasteiger charge is -2.17. The number of para-hydroxylation sites is 1. The SMILES string of the molecule is C=C(NCc1cccc(Cl)c1)c1ccccc1Nc1nc(-c2cccnc2)nc2ccc(Cl)cc12. The van der Waals surface area contributed by atoms with E-state index in [-0.39, 0.29) is 0 Å². The van der Waals surface area contributed by atoms with Gasteiger partial charge >= 0.3 is 0 Å². The second-order valence-electron chi connectivity index (χ2n) is 7.93. The van der Waals surface area contributed by atoms with Gasteiger partial charge < -0.3 is 10.6 Å². The Labute approximate surface area is 213 Å². The molecule has 0 radical (unpaired) electrons. The highest BCUT2D eigenvalue weighted by Gasteiger charge is 2.13. The predicted molar refractivity (Wildman–Crippen MR) is 145 cm³/mol. The van der Waals surface area contributed by atoms with Crippen LogP contribution in [0.4, 0.5) is 11.5 Å². The lowest BCUT2D eigenvalue weighted by Crippen LogP contribution is -2.12. The first-order valence-corrected chi connectivity index (χ1v) is 11.7. The van der Waals surface area contributed by atoms with Gasteiger partial charge in [0.05, 0.1) is 5.52 Å². The molecule has 0 aliphatic carbocycles. The molecule has 5 nitrogen and oxygen atoms in total. The van der Waals surface area contributed by atoms with Crippen LogP contribution >= 0.6 is 23.2 Å². The third-order valence-electron chi connectivity index (χ3n) is 5.48. The van der Waals surface area contributed by atoms with Gasteiger partial charge in [-0.3, -0.25) is 4.98 Å². The van der Waals surface area contributed by atoms with Crippen molar-refractivity contribution in [3.63, 3.8) is 0 Å². The summed E-state index contributed by atoms with van der Waals surface area (Å²) in [7, 11) is 0. The Bertz CT molecular complexity index is 1520. The minimum atomic E-state index is 0.575. The summed E-state index contributed by atoms with van der Waals surface area (Å²) in [4.78, 5) is 13.8. The summed E-state index contributed by atoms with van der Waals surface area (Å²) in [6, 6.07) is 25.1. The van der Waals surface area contributed by atoms with E-state index >= 15 is 0 Å². The van der Waals surface area contributed by atoms with Crippen LogP contribution in [-0.2, 0) is 6.54 Å². The van der Waals surface area contributed by atoms with Crippen LogP contribution in [0.15, 0.2) is 97.8 Å². The fourth-order valence-corrected chi connectivity index (χ4v) is 4.14. The fraction of sp³-hybridized carbons (Fsp3) is 0.0357. The summed E-state index contributed by atoms with van der Waals surface area (Å²) < 4.78 is 0. The van der Waals surface area contributed by atoms with Crippen LogP contribution in [0.3, 0.4) is 0 Å². The summed E-state index contributed by atoms with van der Waals surface area (Å²) in [5, 5.41) is 9.02. The Morgan fingerprint density at radius 1 is 0.857 bits per heavy atom. The summed E-state index contributed by atoms with van der Waals surface area (Å²) >= 11 is 12.4. The molecular formula is C28H21Cl2N5. The van der Waals surface area contributed by atoms with E-state index in [0.29, 0.717) is 28.2 Å². The molecule has 0 spiro atoms. The second kappa shape index (κ2) is 10.1. The number of rotatable bonds is 7. The number of hydrogen-bond donors (Lipinski definition) is 2. The predicted octanol–water partition coefficient (Wildman–Crippen LogP) is 7.50. The molecule has 35 heavy (non-hydrogen) atoms. The molecule has 0 saturated heterocycles. The van der Waals surface area contributed by atoms with Crippen molar-refractivity contribution in [2.24, 2.45) is 0 Å². The minimum Gasteiger partial charge on any atom is -0.381 e. The largest absolute Gasteiger partial charge is 0.381 e. The molecule has 0 bridgehead atoms. The van der Waals surface area contributed by atoms with Gasteiger partial charge in [0.25, 0.3) is 0 Å². The number of anilines is 2. The third kappa shape index (κ3) is 5.27. The quantitative estimate of drug-likeness (QED) is 0.243. The zero-order valence-electron chi connectivity index (χ0n) is 18.7. The highest BCUT2D eigenvalue weighted by Crippen LogP contribution is 2.31. The molecule has 3 aromatic carbocycles. The Kier molecular flexibility index (Phi) is 6.62. The van der Waals surface area contributed by atoms with Crippen molar-refractivity contribution in [3.05, 3.63) is 119 Å². The van der Waals surface area contributed by atoms with E-state index in [1.54, 1.807) is 12.4 Å². The van der Waals surface area contributed by atoms with Gasteiger partial charge in [0.2, 0.25) is 0 Å². The van der Waals surface area contributed by atoms with Gasteiger partial charge in [0.1, 0.15) is 5.82 Å². The van der Waals surface area contributed by atoms with Gasteiger partial charge in [-0.2, -0.15) is 0 Å². The van der Waals surface area contributed by atoms with E-state index in [0.717, 1.165) is 39.0 Å². The van der Waals surface area contributed by atoms with Crippen LogP contribution in [0, 0.1) is 0 Å². The van der Waals surface area contributed by atoms with Crippen molar-refractivity contribution in [3.8, 4) is 11.4 Å². The first-order chi connectivity index (χ1) is 17.1. The first kappa shape index (κ1) is 22.8. The van der Waals surface area contributed by atoms with Crippen LogP contribution in [0.2, 0.25) is 10.0 Å². The van der Waals surface area contributed by atoms with E-state index < -0.39 is 0 Å². The van der Waals surface area contributed by atoms with Crippen molar-refractivity contribution in [2.45, 2.75) is 6.54 Å². The van der Waals surface area contributed by atoms with Crippen molar-refractivity contribution in [2.75, 3.05) is 5.32 Å². The van der Waals surface area contributed by atoms with E-state index in [1.165, 1.54) is 0 Å². The standard InChI is InChI=1S/C28H21Cl2N5/c1-18(32-16-19-6-4-8-21(29)14-19)23-9-2-3-10-25(23)34-28-24-15-22(30)11-12-26(24)33-27(35-28)20-7-5-13-31-17-20/h2-15,17,32H,1,16H2,(H,33,34,35). The molecule has 5 aromatic rings. The molecule has 0 amide bonds. The normalized spacial score (nSPS) is 10.8. The molecule has 0 aliphatic heterocycles. The molecule has 0 fully saturated rings. The number of fused-ring (bicyclic) bond motifs is 1. The van der Waals surface area contributed by atoms with Crippen LogP contribution < -0.4 is 10.6 Å². The van der Waals surface area contributed by atoms with Crippen molar-refractivity contribution >= 4 is 51.3 Å². The summed E-state index contributed by atoms with van der Waals surface area (Å²) in [6.07, 6.45) is 3.47. The monoisotopic (exact) mass is 497 g/mol. The van der Waals surface area contributed by atoms with Gasteiger partial charge in [0.15, 0.2) is 5.82 Å². The van der Waals surface area contributed by atoms with Gasteiger partial charge in [-0.25, -0.2) is 9.97 Å². The Morgan fingerprint density at radius 3 is 2.54 bits per heavy atom. The summed E-state index contributed by atoms with van der Waals surface area (Å²) in [5.41, 5.74) is 5.23. The second-order valence-corrected chi connectivity index (χ2v) is 8.80. The van der Waals surface area contributed by atoms with Gasteiger partial charge in [0, 0.05) is 56.9 Å². The zero-order chi connectivity index (χ0) is 24.2. The van der Waals surface area contributed by atoms with Gasteiger partial charge in [-0.1, -0.05) is 60.1 Å². The number of halogens is 2. The average Bonchev–Trinajstić information content (AvgIpc) is 2.88. The third-order valence-corrected chi connectivity index (χ3v) is 5.95. The Morgan fingerprint density at radius 2 is 1.71 bits per heavy atom. The molecule has 0 atom stereocenters. The smallest absolute Gasteiger partial charge is 0.163 e. The lowest BCUT2D eigenvalue weighted by atomic mass is 10.1. The number of nitrogens with zero attached hydrogens (tertiary/aromatic N) is 3. The number of pyridine rings is 1. The Hall–Kier alpha value is -3.93. The molecule has 5 rings (SSSR count). The fourth-order valence-electron chi connectivity index (χ4n) is 3.75. The van der Waals surface area contributed by atoms with Crippen molar-refractivity contribution in [1.29, 1.82) is 0 Å². The summed E-state index contributed by atoms with van der Waals surface area (Å²) in [6.45, 7) is 4.86. The average molecular weight is 498 g/mol. The van der Waals surface area contributed by atoms with Crippen LogP contribution in [0.25, 0.3) is 28.0 Å². The van der Waals surface area contributed by atoms with Gasteiger partial charge in [-0.05, 0) is 54.1 Å².